The number of halogens is 2. The van der Waals surface area contributed by atoms with Crippen LogP contribution in [0.4, 0.5) is 13.6 Å². The number of carbonyl (C=O) groups is 2. The van der Waals surface area contributed by atoms with E-state index in [2.05, 4.69) is 0 Å². The molecule has 1 fully saturated rings. The highest BCUT2D eigenvalue weighted by atomic mass is 19.1. The van der Waals surface area contributed by atoms with Crippen LogP contribution < -0.4 is 0 Å². The Labute approximate surface area is 121 Å². The first-order valence-electron chi connectivity index (χ1n) is 6.69. The Balaban J connectivity index is 1.98. The maximum Gasteiger partial charge on any atom is 0.409 e. The highest BCUT2D eigenvalue weighted by Crippen LogP contribution is 2.14. The number of benzene rings is 1. The molecule has 2 amide bonds. The van der Waals surface area contributed by atoms with E-state index in [4.69, 9.17) is 4.74 Å². The van der Waals surface area contributed by atoms with E-state index in [0.717, 1.165) is 12.1 Å². The molecule has 0 aromatic heterocycles. The van der Waals surface area contributed by atoms with Crippen molar-refractivity contribution in [3.05, 3.63) is 35.4 Å². The fraction of sp³-hybridized carbons (Fsp3) is 0.429. The summed E-state index contributed by atoms with van der Waals surface area (Å²) in [5, 5.41) is 0. The minimum absolute atomic E-state index is 0.166. The van der Waals surface area contributed by atoms with Crippen molar-refractivity contribution >= 4 is 12.0 Å². The van der Waals surface area contributed by atoms with Crippen LogP contribution >= 0.6 is 0 Å². The van der Waals surface area contributed by atoms with Gasteiger partial charge in [-0.15, -0.1) is 0 Å². The second kappa shape index (κ2) is 6.51. The SMILES string of the molecule is CCOC(=O)N1CCN(C(=O)c2ccc(F)cc2F)CC1. The van der Waals surface area contributed by atoms with Gasteiger partial charge in [0.15, 0.2) is 0 Å². The molecule has 0 spiro atoms. The minimum Gasteiger partial charge on any atom is -0.450 e. The molecule has 2 rings (SSSR count). The van der Waals surface area contributed by atoms with Crippen LogP contribution in [-0.2, 0) is 4.74 Å². The Morgan fingerprint density at radius 2 is 1.76 bits per heavy atom. The van der Waals surface area contributed by atoms with Crippen molar-refractivity contribution in [1.29, 1.82) is 0 Å². The highest BCUT2D eigenvalue weighted by Gasteiger charge is 2.26. The van der Waals surface area contributed by atoms with Crippen LogP contribution in [0, 0.1) is 11.6 Å². The van der Waals surface area contributed by atoms with Gasteiger partial charge in [0.25, 0.3) is 5.91 Å². The fourth-order valence-corrected chi connectivity index (χ4v) is 2.14. The van der Waals surface area contributed by atoms with Gasteiger partial charge in [-0.05, 0) is 19.1 Å². The third-order valence-corrected chi connectivity index (χ3v) is 3.25. The van der Waals surface area contributed by atoms with Crippen LogP contribution in [0.5, 0.6) is 0 Å². The largest absolute Gasteiger partial charge is 0.450 e. The molecular weight excluding hydrogens is 282 g/mol. The number of nitrogens with zero attached hydrogens (tertiary/aromatic N) is 2. The summed E-state index contributed by atoms with van der Waals surface area (Å²) in [5.74, 6) is -2.11. The quantitative estimate of drug-likeness (QED) is 0.837. The van der Waals surface area contributed by atoms with Crippen LogP contribution in [-0.4, -0.2) is 54.6 Å². The molecule has 0 bridgehead atoms. The number of amides is 2. The second-order valence-electron chi connectivity index (χ2n) is 4.60. The van der Waals surface area contributed by atoms with Gasteiger partial charge in [0.1, 0.15) is 11.6 Å². The molecule has 0 aliphatic carbocycles. The van der Waals surface area contributed by atoms with E-state index in [0.29, 0.717) is 25.8 Å². The molecule has 0 radical (unpaired) electrons. The lowest BCUT2D eigenvalue weighted by atomic mass is 10.1. The van der Waals surface area contributed by atoms with Crippen molar-refractivity contribution in [3.63, 3.8) is 0 Å². The topological polar surface area (TPSA) is 49.9 Å². The maximum atomic E-state index is 13.6. The predicted molar refractivity (Wildman–Crippen MR) is 70.9 cm³/mol. The van der Waals surface area contributed by atoms with Gasteiger partial charge in [0, 0.05) is 32.2 Å². The van der Waals surface area contributed by atoms with E-state index >= 15 is 0 Å². The van der Waals surface area contributed by atoms with Crippen molar-refractivity contribution < 1.29 is 23.1 Å². The molecule has 1 aliphatic rings. The van der Waals surface area contributed by atoms with Gasteiger partial charge in [0.05, 0.1) is 12.2 Å². The van der Waals surface area contributed by atoms with Crippen molar-refractivity contribution in [3.8, 4) is 0 Å². The van der Waals surface area contributed by atoms with Crippen LogP contribution in [0.2, 0.25) is 0 Å². The van der Waals surface area contributed by atoms with E-state index in [9.17, 15) is 18.4 Å². The van der Waals surface area contributed by atoms with E-state index in [-0.39, 0.29) is 18.7 Å². The van der Waals surface area contributed by atoms with Gasteiger partial charge >= 0.3 is 6.09 Å². The Morgan fingerprint density at radius 1 is 1.14 bits per heavy atom. The monoisotopic (exact) mass is 298 g/mol. The van der Waals surface area contributed by atoms with Crippen molar-refractivity contribution in [2.75, 3.05) is 32.8 Å². The van der Waals surface area contributed by atoms with Gasteiger partial charge in [-0.25, -0.2) is 13.6 Å². The lowest BCUT2D eigenvalue weighted by molar-refractivity contribution is 0.0566. The number of carbonyl (C=O) groups excluding carboxylic acids is 2. The Morgan fingerprint density at radius 3 is 2.33 bits per heavy atom. The van der Waals surface area contributed by atoms with Crippen LogP contribution in [0.25, 0.3) is 0 Å². The molecule has 0 saturated carbocycles. The zero-order chi connectivity index (χ0) is 15.4. The first-order chi connectivity index (χ1) is 10.0. The number of piperazine rings is 1. The van der Waals surface area contributed by atoms with E-state index in [1.807, 2.05) is 0 Å². The summed E-state index contributed by atoms with van der Waals surface area (Å²) in [6.45, 7) is 3.23. The summed E-state index contributed by atoms with van der Waals surface area (Å²) in [6.07, 6.45) is -0.419. The summed E-state index contributed by atoms with van der Waals surface area (Å²) in [5.41, 5.74) is -0.166. The Kier molecular flexibility index (Phi) is 4.72. The molecule has 0 N–H and O–H groups in total. The molecule has 21 heavy (non-hydrogen) atoms. The first kappa shape index (κ1) is 15.2. The summed E-state index contributed by atoms with van der Waals surface area (Å²) in [4.78, 5) is 26.6. The molecule has 1 aromatic carbocycles. The fourth-order valence-electron chi connectivity index (χ4n) is 2.14. The van der Waals surface area contributed by atoms with Crippen molar-refractivity contribution in [2.24, 2.45) is 0 Å². The van der Waals surface area contributed by atoms with Crippen LogP contribution in [0.1, 0.15) is 17.3 Å². The molecular formula is C14H16F2N2O3. The Hall–Kier alpha value is -2.18. The van der Waals surface area contributed by atoms with Gasteiger partial charge in [-0.1, -0.05) is 0 Å². The first-order valence-corrected chi connectivity index (χ1v) is 6.69. The molecule has 1 aliphatic heterocycles. The maximum absolute atomic E-state index is 13.6. The average Bonchev–Trinajstić information content (AvgIpc) is 2.47. The predicted octanol–water partition coefficient (Wildman–Crippen LogP) is 1.88. The number of hydrogen-bond acceptors (Lipinski definition) is 3. The van der Waals surface area contributed by atoms with E-state index in [1.165, 1.54) is 9.80 Å². The Bertz CT molecular complexity index is 543. The summed E-state index contributed by atoms with van der Waals surface area (Å²) in [6, 6.07) is 2.86. The smallest absolute Gasteiger partial charge is 0.409 e. The lowest BCUT2D eigenvalue weighted by Gasteiger charge is -2.34. The summed E-state index contributed by atoms with van der Waals surface area (Å²) >= 11 is 0. The molecule has 0 atom stereocenters. The summed E-state index contributed by atoms with van der Waals surface area (Å²) < 4.78 is 31.3. The van der Waals surface area contributed by atoms with Crippen LogP contribution in [0.15, 0.2) is 18.2 Å². The highest BCUT2D eigenvalue weighted by molar-refractivity contribution is 5.94. The zero-order valence-corrected chi connectivity index (χ0v) is 11.6. The molecule has 114 valence electrons. The minimum atomic E-state index is -0.882. The van der Waals surface area contributed by atoms with Gasteiger partial charge in [-0.2, -0.15) is 0 Å². The van der Waals surface area contributed by atoms with Gasteiger partial charge < -0.3 is 14.5 Å². The number of hydrogen-bond donors (Lipinski definition) is 0. The molecule has 1 saturated heterocycles. The third kappa shape index (κ3) is 3.48. The van der Waals surface area contributed by atoms with Crippen molar-refractivity contribution in [1.82, 2.24) is 9.80 Å². The summed E-state index contributed by atoms with van der Waals surface area (Å²) in [7, 11) is 0. The molecule has 7 heteroatoms. The second-order valence-corrected chi connectivity index (χ2v) is 4.60. The van der Waals surface area contributed by atoms with Crippen molar-refractivity contribution in [2.45, 2.75) is 6.92 Å². The average molecular weight is 298 g/mol. The zero-order valence-electron chi connectivity index (χ0n) is 11.6. The van der Waals surface area contributed by atoms with E-state index < -0.39 is 23.6 Å². The molecule has 5 nitrogen and oxygen atoms in total. The number of rotatable bonds is 2. The van der Waals surface area contributed by atoms with Gasteiger partial charge in [0.2, 0.25) is 0 Å². The molecule has 0 unspecified atom stereocenters. The third-order valence-electron chi connectivity index (χ3n) is 3.25. The molecule has 1 heterocycles. The van der Waals surface area contributed by atoms with E-state index in [1.54, 1.807) is 6.92 Å². The number of ether oxygens (including phenoxy) is 1. The lowest BCUT2D eigenvalue weighted by Crippen LogP contribution is -2.50. The normalized spacial score (nSPS) is 15.0. The standard InChI is InChI=1S/C14H16F2N2O3/c1-2-21-14(20)18-7-5-17(6-8-18)13(19)11-4-3-10(15)9-12(11)16/h3-4,9H,2,5-8H2,1H3. The van der Waals surface area contributed by atoms with Crippen LogP contribution in [0.3, 0.4) is 0 Å². The van der Waals surface area contributed by atoms with Gasteiger partial charge in [-0.3, -0.25) is 4.79 Å². The molecule has 1 aromatic rings.